The zero-order chi connectivity index (χ0) is 13.4. The van der Waals surface area contributed by atoms with Crippen molar-refractivity contribution in [3.63, 3.8) is 0 Å². The Hall–Kier alpha value is -2.38. The van der Waals surface area contributed by atoms with Gasteiger partial charge in [-0.05, 0) is 12.1 Å². The third-order valence-electron chi connectivity index (χ3n) is 2.87. The highest BCUT2D eigenvalue weighted by atomic mass is 16.4. The number of benzene rings is 1. The Morgan fingerprint density at radius 3 is 3.05 bits per heavy atom. The first-order chi connectivity index (χ1) is 9.17. The van der Waals surface area contributed by atoms with E-state index in [0.717, 1.165) is 5.56 Å². The maximum Gasteiger partial charge on any atom is 0.417 e. The first kappa shape index (κ1) is 11.7. The number of aliphatic hydroxyl groups excluding tert-OH is 1. The molecule has 0 spiro atoms. The lowest BCUT2D eigenvalue weighted by atomic mass is 10.1. The minimum atomic E-state index is -0.817. The molecule has 3 aromatic rings. The van der Waals surface area contributed by atoms with Crippen LogP contribution in [-0.2, 0) is 0 Å². The van der Waals surface area contributed by atoms with Gasteiger partial charge in [-0.15, -0.1) is 0 Å². The summed E-state index contributed by atoms with van der Waals surface area (Å²) in [6, 6.07) is 5.29. The van der Waals surface area contributed by atoms with E-state index in [4.69, 9.17) is 10.2 Å². The minimum absolute atomic E-state index is 0.0959. The molecule has 7 nitrogen and oxygen atoms in total. The first-order valence-corrected chi connectivity index (χ1v) is 5.73. The molecule has 1 unspecified atom stereocenters. The van der Waals surface area contributed by atoms with Gasteiger partial charge in [0.2, 0.25) is 0 Å². The molecule has 98 valence electrons. The Labute approximate surface area is 107 Å². The summed E-state index contributed by atoms with van der Waals surface area (Å²) in [5.74, 6) is -0.0795. The Kier molecular flexibility index (Phi) is 2.69. The number of aromatic amines is 2. The van der Waals surface area contributed by atoms with E-state index in [-0.39, 0.29) is 6.54 Å². The highest BCUT2D eigenvalue weighted by Gasteiger charge is 2.11. The molecule has 7 heteroatoms. The second kappa shape index (κ2) is 4.38. The molecule has 0 saturated heterocycles. The number of hydrogen-bond donors (Lipinski definition) is 4. The molecule has 2 aromatic heterocycles. The van der Waals surface area contributed by atoms with Crippen molar-refractivity contribution in [2.24, 2.45) is 5.73 Å². The van der Waals surface area contributed by atoms with Gasteiger partial charge in [-0.3, -0.25) is 4.98 Å². The van der Waals surface area contributed by atoms with E-state index in [1.165, 1.54) is 0 Å². The number of nitrogens with zero attached hydrogens (tertiary/aromatic N) is 1. The number of nitrogens with one attached hydrogen (secondary N) is 2. The van der Waals surface area contributed by atoms with Gasteiger partial charge in [0.1, 0.15) is 11.9 Å². The van der Waals surface area contributed by atoms with Crippen molar-refractivity contribution in [2.45, 2.75) is 6.10 Å². The number of fused-ring (bicyclic) bond motifs is 1. The molecule has 19 heavy (non-hydrogen) atoms. The second-order valence-electron chi connectivity index (χ2n) is 4.16. The average Bonchev–Trinajstić information content (AvgIpc) is 3.01. The quantitative estimate of drug-likeness (QED) is 0.546. The number of aliphatic hydroxyl groups is 1. The highest BCUT2D eigenvalue weighted by molar-refractivity contribution is 5.78. The van der Waals surface area contributed by atoms with Crippen LogP contribution < -0.4 is 11.5 Å². The zero-order valence-electron chi connectivity index (χ0n) is 9.88. The van der Waals surface area contributed by atoms with Crippen molar-refractivity contribution in [1.29, 1.82) is 0 Å². The number of rotatable bonds is 3. The number of oxazole rings is 1. The Bertz CT molecular complexity index is 770. The summed E-state index contributed by atoms with van der Waals surface area (Å²) in [6.07, 6.45) is 0.780. The summed E-state index contributed by atoms with van der Waals surface area (Å²) >= 11 is 0. The molecular formula is C12H12N4O3. The maximum absolute atomic E-state index is 11.1. The number of aromatic nitrogens is 3. The summed E-state index contributed by atoms with van der Waals surface area (Å²) in [7, 11) is 0. The summed E-state index contributed by atoms with van der Waals surface area (Å²) in [5, 5.41) is 9.58. The van der Waals surface area contributed by atoms with Crippen molar-refractivity contribution in [3.05, 3.63) is 40.8 Å². The highest BCUT2D eigenvalue weighted by Crippen LogP contribution is 2.22. The largest absolute Gasteiger partial charge is 0.417 e. The number of H-pyrrole nitrogens is 2. The lowest BCUT2D eigenvalue weighted by Gasteiger charge is -2.02. The molecule has 0 amide bonds. The predicted molar refractivity (Wildman–Crippen MR) is 68.4 cm³/mol. The van der Waals surface area contributed by atoms with Crippen molar-refractivity contribution >= 4 is 11.1 Å². The second-order valence-corrected chi connectivity index (χ2v) is 4.16. The van der Waals surface area contributed by atoms with Crippen LogP contribution in [0.3, 0.4) is 0 Å². The molecule has 3 rings (SSSR count). The molecule has 0 radical (unpaired) electrons. The Morgan fingerprint density at radius 2 is 2.26 bits per heavy atom. The Morgan fingerprint density at radius 1 is 1.42 bits per heavy atom. The maximum atomic E-state index is 11.1. The lowest BCUT2D eigenvalue weighted by molar-refractivity contribution is 0.177. The van der Waals surface area contributed by atoms with E-state index in [1.807, 2.05) is 6.07 Å². The van der Waals surface area contributed by atoms with Crippen molar-refractivity contribution < 1.29 is 9.52 Å². The van der Waals surface area contributed by atoms with E-state index in [1.54, 1.807) is 18.3 Å². The van der Waals surface area contributed by atoms with Gasteiger partial charge in [-0.2, -0.15) is 0 Å². The van der Waals surface area contributed by atoms with E-state index in [9.17, 15) is 9.90 Å². The van der Waals surface area contributed by atoms with Crippen LogP contribution in [0.25, 0.3) is 22.4 Å². The topological polar surface area (TPSA) is 121 Å². The first-order valence-electron chi connectivity index (χ1n) is 5.73. The van der Waals surface area contributed by atoms with Gasteiger partial charge in [0, 0.05) is 12.1 Å². The summed E-state index contributed by atoms with van der Waals surface area (Å²) in [4.78, 5) is 20.7. The smallest absolute Gasteiger partial charge is 0.408 e. The standard InChI is InChI=1S/C12H12N4O3/c13-4-9(17)11-14-5-8(15-11)6-1-2-7-10(3-6)19-12(18)16-7/h1-3,5,9,17H,4,13H2,(H,14,15)(H,16,18). The average molecular weight is 260 g/mol. The number of hydrogen-bond acceptors (Lipinski definition) is 5. The fourth-order valence-corrected chi connectivity index (χ4v) is 1.88. The van der Waals surface area contributed by atoms with Crippen molar-refractivity contribution in [1.82, 2.24) is 15.0 Å². The van der Waals surface area contributed by atoms with Crippen LogP contribution >= 0.6 is 0 Å². The lowest BCUT2D eigenvalue weighted by Crippen LogP contribution is -2.12. The van der Waals surface area contributed by atoms with Gasteiger partial charge >= 0.3 is 5.76 Å². The monoisotopic (exact) mass is 260 g/mol. The van der Waals surface area contributed by atoms with Gasteiger partial charge < -0.3 is 20.2 Å². The molecule has 0 bridgehead atoms. The van der Waals surface area contributed by atoms with Crippen LogP contribution in [0.1, 0.15) is 11.9 Å². The normalized spacial score (nSPS) is 12.9. The molecule has 0 aliphatic carbocycles. The van der Waals surface area contributed by atoms with Crippen LogP contribution in [0.4, 0.5) is 0 Å². The van der Waals surface area contributed by atoms with E-state index in [2.05, 4.69) is 15.0 Å². The zero-order valence-corrected chi connectivity index (χ0v) is 9.88. The van der Waals surface area contributed by atoms with Crippen molar-refractivity contribution in [3.8, 4) is 11.3 Å². The minimum Gasteiger partial charge on any atom is -0.408 e. The van der Waals surface area contributed by atoms with Crippen LogP contribution in [0.15, 0.2) is 33.6 Å². The molecule has 0 aliphatic heterocycles. The Balaban J connectivity index is 2.03. The molecule has 0 aliphatic rings. The van der Waals surface area contributed by atoms with Gasteiger partial charge in [0.15, 0.2) is 5.58 Å². The predicted octanol–water partition coefficient (Wildman–Crippen LogP) is 0.503. The van der Waals surface area contributed by atoms with Gasteiger partial charge in [0.25, 0.3) is 0 Å². The van der Waals surface area contributed by atoms with E-state index >= 15 is 0 Å². The van der Waals surface area contributed by atoms with Gasteiger partial charge in [0.05, 0.1) is 17.4 Å². The number of imidazole rings is 1. The molecule has 0 fully saturated rings. The van der Waals surface area contributed by atoms with Gasteiger partial charge in [-0.25, -0.2) is 9.78 Å². The SMILES string of the molecule is NCC(O)c1ncc(-c2ccc3[nH]c(=O)oc3c2)[nH]1. The molecule has 1 atom stereocenters. The fraction of sp³-hybridized carbons (Fsp3) is 0.167. The summed E-state index contributed by atoms with van der Waals surface area (Å²) in [6.45, 7) is 0.0959. The number of nitrogens with two attached hydrogens (primary N) is 1. The van der Waals surface area contributed by atoms with Crippen LogP contribution in [-0.4, -0.2) is 26.6 Å². The summed E-state index contributed by atoms with van der Waals surface area (Å²) in [5.41, 5.74) is 7.99. The van der Waals surface area contributed by atoms with Crippen LogP contribution in [0.2, 0.25) is 0 Å². The van der Waals surface area contributed by atoms with Gasteiger partial charge in [-0.1, -0.05) is 6.07 Å². The van der Waals surface area contributed by atoms with Crippen LogP contribution in [0, 0.1) is 0 Å². The molecule has 0 saturated carbocycles. The van der Waals surface area contributed by atoms with Crippen molar-refractivity contribution in [2.75, 3.05) is 6.54 Å². The third kappa shape index (κ3) is 2.05. The summed E-state index contributed by atoms with van der Waals surface area (Å²) < 4.78 is 4.99. The van der Waals surface area contributed by atoms with E-state index < -0.39 is 11.9 Å². The third-order valence-corrected chi connectivity index (χ3v) is 2.87. The molecule has 1 aromatic carbocycles. The van der Waals surface area contributed by atoms with E-state index in [0.29, 0.717) is 22.6 Å². The molecule has 2 heterocycles. The van der Waals surface area contributed by atoms with Crippen LogP contribution in [0.5, 0.6) is 0 Å². The molecule has 5 N–H and O–H groups in total. The molecular weight excluding hydrogens is 248 g/mol. The fourth-order valence-electron chi connectivity index (χ4n) is 1.88.